The van der Waals surface area contributed by atoms with E-state index < -0.39 is 6.04 Å². The maximum absolute atomic E-state index is 13.4. The Morgan fingerprint density at radius 2 is 1.71 bits per heavy atom. The summed E-state index contributed by atoms with van der Waals surface area (Å²) in [5.41, 5.74) is 3.15. The number of piperazine rings is 1. The minimum atomic E-state index is -0.576. The van der Waals surface area contributed by atoms with Crippen LogP contribution in [0.1, 0.15) is 20.8 Å². The molecule has 31 heavy (non-hydrogen) atoms. The highest BCUT2D eigenvalue weighted by Crippen LogP contribution is 2.22. The molecule has 1 fully saturated rings. The van der Waals surface area contributed by atoms with Crippen LogP contribution in [0.15, 0.2) is 72.1 Å². The van der Waals surface area contributed by atoms with Gasteiger partial charge in [-0.05, 0) is 35.1 Å². The molecule has 1 atom stereocenters. The number of nitrogens with one attached hydrogen (secondary N) is 2. The van der Waals surface area contributed by atoms with Crippen LogP contribution in [-0.2, 0) is 17.6 Å². The molecule has 1 amide bonds. The SMILES string of the molecule is O=C(NC(Cc1ccccc1)C(=O)Cc1ccccc1N1CCNCC1)c1cccs1. The monoisotopic (exact) mass is 433 g/mol. The fourth-order valence-corrected chi connectivity index (χ4v) is 4.54. The lowest BCUT2D eigenvalue weighted by atomic mass is 9.96. The van der Waals surface area contributed by atoms with Crippen LogP contribution in [-0.4, -0.2) is 43.9 Å². The predicted molar refractivity (Wildman–Crippen MR) is 126 cm³/mol. The summed E-state index contributed by atoms with van der Waals surface area (Å²) in [5, 5.41) is 8.22. The summed E-state index contributed by atoms with van der Waals surface area (Å²) >= 11 is 1.38. The fourth-order valence-electron chi connectivity index (χ4n) is 3.92. The third kappa shape index (κ3) is 5.60. The Balaban J connectivity index is 1.53. The Morgan fingerprint density at radius 3 is 2.45 bits per heavy atom. The summed E-state index contributed by atoms with van der Waals surface area (Å²) in [7, 11) is 0. The zero-order valence-corrected chi connectivity index (χ0v) is 18.2. The minimum absolute atomic E-state index is 0.0244. The van der Waals surface area contributed by atoms with E-state index in [1.807, 2.05) is 60.0 Å². The molecule has 4 rings (SSSR count). The molecule has 1 aromatic heterocycles. The second kappa shape index (κ2) is 10.4. The van der Waals surface area contributed by atoms with Crippen molar-refractivity contribution in [2.75, 3.05) is 31.1 Å². The Labute approximate surface area is 187 Å². The molecule has 0 saturated carbocycles. The minimum Gasteiger partial charge on any atom is -0.369 e. The number of amides is 1. The van der Waals surface area contributed by atoms with E-state index in [-0.39, 0.29) is 11.7 Å². The lowest BCUT2D eigenvalue weighted by Crippen LogP contribution is -2.45. The number of hydrogen-bond donors (Lipinski definition) is 2. The normalized spacial score (nSPS) is 14.8. The second-order valence-corrected chi connectivity index (χ2v) is 8.65. The predicted octanol–water partition coefficient (Wildman–Crippen LogP) is 3.31. The molecule has 3 aromatic rings. The van der Waals surface area contributed by atoms with Gasteiger partial charge in [-0.15, -0.1) is 11.3 Å². The van der Waals surface area contributed by atoms with Crippen LogP contribution in [0.3, 0.4) is 0 Å². The molecular formula is C25H27N3O2S. The van der Waals surface area contributed by atoms with Crippen LogP contribution in [0.25, 0.3) is 0 Å². The highest BCUT2D eigenvalue weighted by atomic mass is 32.1. The third-order valence-electron chi connectivity index (χ3n) is 5.54. The molecular weight excluding hydrogens is 406 g/mol. The number of nitrogens with zero attached hydrogens (tertiary/aromatic N) is 1. The van der Waals surface area contributed by atoms with Crippen LogP contribution >= 0.6 is 11.3 Å². The van der Waals surface area contributed by atoms with Crippen molar-refractivity contribution in [1.82, 2.24) is 10.6 Å². The lowest BCUT2D eigenvalue weighted by molar-refractivity contribution is -0.120. The first kappa shape index (κ1) is 21.3. The first-order valence-corrected chi connectivity index (χ1v) is 11.5. The molecule has 5 nitrogen and oxygen atoms in total. The number of hydrogen-bond acceptors (Lipinski definition) is 5. The van der Waals surface area contributed by atoms with E-state index in [1.165, 1.54) is 11.3 Å². The molecule has 0 spiro atoms. The van der Waals surface area contributed by atoms with Gasteiger partial charge in [0.25, 0.3) is 5.91 Å². The van der Waals surface area contributed by atoms with Gasteiger partial charge in [0.05, 0.1) is 10.9 Å². The number of rotatable bonds is 8. The van der Waals surface area contributed by atoms with Crippen molar-refractivity contribution in [3.05, 3.63) is 88.1 Å². The van der Waals surface area contributed by atoms with E-state index in [0.717, 1.165) is 43.0 Å². The molecule has 0 aliphatic carbocycles. The van der Waals surface area contributed by atoms with Crippen LogP contribution in [0.5, 0.6) is 0 Å². The maximum atomic E-state index is 13.4. The molecule has 1 unspecified atom stereocenters. The summed E-state index contributed by atoms with van der Waals surface area (Å²) in [6, 6.07) is 21.0. The summed E-state index contributed by atoms with van der Waals surface area (Å²) in [5.74, 6) is -0.170. The zero-order valence-electron chi connectivity index (χ0n) is 17.4. The van der Waals surface area contributed by atoms with Crippen LogP contribution in [0.2, 0.25) is 0 Å². The number of carbonyl (C=O) groups is 2. The van der Waals surface area contributed by atoms with Crippen molar-refractivity contribution in [2.45, 2.75) is 18.9 Å². The molecule has 2 heterocycles. The number of para-hydroxylation sites is 1. The molecule has 0 bridgehead atoms. The van der Waals surface area contributed by atoms with E-state index in [2.05, 4.69) is 21.6 Å². The summed E-state index contributed by atoms with van der Waals surface area (Å²) in [4.78, 5) is 29.1. The third-order valence-corrected chi connectivity index (χ3v) is 6.40. The van der Waals surface area contributed by atoms with Crippen molar-refractivity contribution < 1.29 is 9.59 Å². The number of thiophene rings is 1. The van der Waals surface area contributed by atoms with Gasteiger partial charge >= 0.3 is 0 Å². The Morgan fingerprint density at radius 1 is 0.968 bits per heavy atom. The fraction of sp³-hybridized carbons (Fsp3) is 0.280. The van der Waals surface area contributed by atoms with Gasteiger partial charge in [0, 0.05) is 38.3 Å². The number of Topliss-reactive ketones (excluding diaryl/α,β-unsaturated/α-hetero) is 1. The summed E-state index contributed by atoms with van der Waals surface area (Å²) in [6.07, 6.45) is 0.773. The average Bonchev–Trinajstić information content (AvgIpc) is 3.35. The van der Waals surface area contributed by atoms with Crippen molar-refractivity contribution in [3.8, 4) is 0 Å². The first-order valence-electron chi connectivity index (χ1n) is 10.7. The quantitative estimate of drug-likeness (QED) is 0.572. The highest BCUT2D eigenvalue weighted by Gasteiger charge is 2.24. The number of benzene rings is 2. The molecule has 6 heteroatoms. The van der Waals surface area contributed by atoms with Gasteiger partial charge in [0.2, 0.25) is 0 Å². The first-order chi connectivity index (χ1) is 15.2. The Kier molecular flexibility index (Phi) is 7.12. The van der Waals surface area contributed by atoms with Crippen LogP contribution in [0, 0.1) is 0 Å². The van der Waals surface area contributed by atoms with Crippen molar-refractivity contribution >= 4 is 28.7 Å². The topological polar surface area (TPSA) is 61.4 Å². The maximum Gasteiger partial charge on any atom is 0.261 e. The van der Waals surface area contributed by atoms with Gasteiger partial charge in [-0.25, -0.2) is 0 Å². The van der Waals surface area contributed by atoms with Gasteiger partial charge < -0.3 is 15.5 Å². The zero-order chi connectivity index (χ0) is 21.5. The molecule has 1 aliphatic heterocycles. The summed E-state index contributed by atoms with van der Waals surface area (Å²) < 4.78 is 0. The second-order valence-electron chi connectivity index (χ2n) is 7.70. The van der Waals surface area contributed by atoms with E-state index in [4.69, 9.17) is 0 Å². The Hall–Kier alpha value is -2.96. The summed E-state index contributed by atoms with van der Waals surface area (Å²) in [6.45, 7) is 3.73. The van der Waals surface area contributed by atoms with Gasteiger partial charge in [0.1, 0.15) is 0 Å². The van der Waals surface area contributed by atoms with E-state index >= 15 is 0 Å². The van der Waals surface area contributed by atoms with E-state index in [1.54, 1.807) is 6.07 Å². The average molecular weight is 434 g/mol. The molecule has 1 aliphatic rings. The van der Waals surface area contributed by atoms with Crippen molar-refractivity contribution in [3.63, 3.8) is 0 Å². The largest absolute Gasteiger partial charge is 0.369 e. The van der Waals surface area contributed by atoms with Gasteiger partial charge in [-0.3, -0.25) is 9.59 Å². The number of carbonyl (C=O) groups excluding carboxylic acids is 2. The molecule has 1 saturated heterocycles. The Bertz CT molecular complexity index is 999. The molecule has 0 radical (unpaired) electrons. The van der Waals surface area contributed by atoms with E-state index in [0.29, 0.717) is 17.7 Å². The van der Waals surface area contributed by atoms with Gasteiger partial charge in [-0.1, -0.05) is 54.6 Å². The molecule has 160 valence electrons. The lowest BCUT2D eigenvalue weighted by Gasteiger charge is -2.31. The number of ketones is 1. The smallest absolute Gasteiger partial charge is 0.261 e. The van der Waals surface area contributed by atoms with Gasteiger partial charge in [-0.2, -0.15) is 0 Å². The highest BCUT2D eigenvalue weighted by molar-refractivity contribution is 7.12. The molecule has 2 aromatic carbocycles. The van der Waals surface area contributed by atoms with Crippen molar-refractivity contribution in [2.24, 2.45) is 0 Å². The standard InChI is InChI=1S/C25H27N3O2S/c29-23(18-20-9-4-5-10-22(20)28-14-12-26-13-15-28)21(17-19-7-2-1-3-8-19)27-25(30)24-11-6-16-31-24/h1-11,16,21,26H,12-15,17-18H2,(H,27,30). The van der Waals surface area contributed by atoms with Crippen LogP contribution in [0.4, 0.5) is 5.69 Å². The van der Waals surface area contributed by atoms with Crippen LogP contribution < -0.4 is 15.5 Å². The van der Waals surface area contributed by atoms with Gasteiger partial charge in [0.15, 0.2) is 5.78 Å². The van der Waals surface area contributed by atoms with E-state index in [9.17, 15) is 9.59 Å². The van der Waals surface area contributed by atoms with Crippen molar-refractivity contribution in [1.29, 1.82) is 0 Å². The molecule has 2 N–H and O–H groups in total. The number of anilines is 1.